The summed E-state index contributed by atoms with van der Waals surface area (Å²) < 4.78 is 3.48. The van der Waals surface area contributed by atoms with Crippen LogP contribution in [-0.4, -0.2) is 49.3 Å². The molecule has 1 atom stereocenters. The Labute approximate surface area is 127 Å². The summed E-state index contributed by atoms with van der Waals surface area (Å²) >= 11 is 0. The highest BCUT2D eigenvalue weighted by Gasteiger charge is 2.30. The number of rotatable bonds is 3. The van der Waals surface area contributed by atoms with E-state index in [-0.39, 0.29) is 12.5 Å². The lowest BCUT2D eigenvalue weighted by molar-refractivity contribution is -0.143. The fourth-order valence-electron chi connectivity index (χ4n) is 2.90. The van der Waals surface area contributed by atoms with Crippen molar-refractivity contribution in [2.75, 3.05) is 13.1 Å². The van der Waals surface area contributed by atoms with Crippen molar-refractivity contribution in [3.63, 3.8) is 0 Å². The van der Waals surface area contributed by atoms with E-state index >= 15 is 0 Å². The molecule has 7 nitrogen and oxygen atoms in total. The molecule has 1 amide bonds. The molecule has 1 aliphatic rings. The summed E-state index contributed by atoms with van der Waals surface area (Å²) in [4.78, 5) is 25.5. The first-order valence-corrected chi connectivity index (χ1v) is 7.25. The molecule has 1 N–H and O–H groups in total. The zero-order valence-corrected chi connectivity index (χ0v) is 12.3. The van der Waals surface area contributed by atoms with Gasteiger partial charge in [0.1, 0.15) is 11.4 Å². The number of nitrogens with zero attached hydrogens (tertiary/aromatic N) is 4. The fraction of sp³-hybridized carbons (Fsp3) is 0.400. The Morgan fingerprint density at radius 2 is 2.05 bits per heavy atom. The van der Waals surface area contributed by atoms with Gasteiger partial charge in [-0.3, -0.25) is 14.3 Å². The first-order chi connectivity index (χ1) is 10.6. The number of carboxylic acid groups (broad SMARTS) is 1. The minimum Gasteiger partial charge on any atom is -0.481 e. The number of carbonyl (C=O) groups excluding carboxylic acids is 1. The van der Waals surface area contributed by atoms with E-state index in [1.54, 1.807) is 22.8 Å². The fourth-order valence-corrected chi connectivity index (χ4v) is 2.90. The van der Waals surface area contributed by atoms with Crippen LogP contribution in [0.2, 0.25) is 0 Å². The number of carbonyl (C=O) groups is 2. The van der Waals surface area contributed by atoms with Gasteiger partial charge in [-0.15, -0.1) is 0 Å². The molecule has 7 heteroatoms. The Hall–Kier alpha value is -2.57. The van der Waals surface area contributed by atoms with Gasteiger partial charge < -0.3 is 14.6 Å². The van der Waals surface area contributed by atoms with Crippen molar-refractivity contribution < 1.29 is 14.7 Å². The number of hydrogen-bond acceptors (Lipinski definition) is 3. The Bertz CT molecular complexity index is 690. The predicted octanol–water partition coefficient (Wildman–Crippen LogP) is 1.15. The molecule has 0 aromatic carbocycles. The van der Waals surface area contributed by atoms with Gasteiger partial charge in [0.15, 0.2) is 0 Å². The van der Waals surface area contributed by atoms with Gasteiger partial charge in [-0.2, -0.15) is 5.10 Å². The standard InChI is InChI=1S/C15H18N4O3/c1-17-13(18-6-2-3-7-18)12(9-16-17)14(20)19-8-4-5-11(10-19)15(21)22/h2-3,6-7,9,11H,4-5,8,10H2,1H3,(H,21,22)/t11-/m1/s1. The Balaban J connectivity index is 1.88. The van der Waals surface area contributed by atoms with Gasteiger partial charge in [-0.25, -0.2) is 0 Å². The predicted molar refractivity (Wildman–Crippen MR) is 78.8 cm³/mol. The number of aromatic nitrogens is 3. The van der Waals surface area contributed by atoms with E-state index < -0.39 is 11.9 Å². The van der Waals surface area contributed by atoms with E-state index in [4.69, 9.17) is 5.11 Å². The van der Waals surface area contributed by atoms with E-state index in [1.165, 1.54) is 0 Å². The van der Waals surface area contributed by atoms with Crippen LogP contribution in [0.15, 0.2) is 30.7 Å². The summed E-state index contributed by atoms with van der Waals surface area (Å²) in [5.41, 5.74) is 0.490. The van der Waals surface area contributed by atoms with Gasteiger partial charge in [0.2, 0.25) is 0 Å². The Morgan fingerprint density at radius 3 is 2.73 bits per heavy atom. The molecule has 0 aliphatic carbocycles. The van der Waals surface area contributed by atoms with Gasteiger partial charge in [-0.05, 0) is 25.0 Å². The topological polar surface area (TPSA) is 80.4 Å². The number of likely N-dealkylation sites (tertiary alicyclic amines) is 1. The van der Waals surface area contributed by atoms with Crippen LogP contribution in [0.1, 0.15) is 23.2 Å². The van der Waals surface area contributed by atoms with Crippen LogP contribution >= 0.6 is 0 Å². The van der Waals surface area contributed by atoms with E-state index in [2.05, 4.69) is 5.10 Å². The van der Waals surface area contributed by atoms with Crippen molar-refractivity contribution >= 4 is 11.9 Å². The van der Waals surface area contributed by atoms with Crippen LogP contribution in [0.5, 0.6) is 0 Å². The minimum absolute atomic E-state index is 0.164. The molecule has 0 saturated carbocycles. The second-order valence-corrected chi connectivity index (χ2v) is 5.52. The minimum atomic E-state index is -0.839. The first-order valence-electron chi connectivity index (χ1n) is 7.25. The van der Waals surface area contributed by atoms with Gasteiger partial charge in [0.25, 0.3) is 5.91 Å². The highest BCUT2D eigenvalue weighted by Crippen LogP contribution is 2.21. The lowest BCUT2D eigenvalue weighted by atomic mass is 9.98. The van der Waals surface area contributed by atoms with E-state index in [0.29, 0.717) is 30.8 Å². The third-order valence-electron chi connectivity index (χ3n) is 4.04. The molecule has 0 radical (unpaired) electrons. The molecule has 0 bridgehead atoms. The molecular weight excluding hydrogens is 284 g/mol. The smallest absolute Gasteiger partial charge is 0.308 e. The van der Waals surface area contributed by atoms with Crippen molar-refractivity contribution in [2.45, 2.75) is 12.8 Å². The maximum absolute atomic E-state index is 12.8. The normalized spacial score (nSPS) is 18.4. The largest absolute Gasteiger partial charge is 0.481 e. The van der Waals surface area contributed by atoms with Crippen LogP contribution in [0, 0.1) is 5.92 Å². The van der Waals surface area contributed by atoms with Crippen molar-refractivity contribution in [2.24, 2.45) is 13.0 Å². The molecule has 3 rings (SSSR count). The third-order valence-corrected chi connectivity index (χ3v) is 4.04. The zero-order chi connectivity index (χ0) is 15.7. The SMILES string of the molecule is Cn1ncc(C(=O)N2CCC[C@@H](C(=O)O)C2)c1-n1cccc1. The Morgan fingerprint density at radius 1 is 1.32 bits per heavy atom. The summed E-state index contributed by atoms with van der Waals surface area (Å²) in [5.74, 6) is -0.797. The van der Waals surface area contributed by atoms with Crippen LogP contribution < -0.4 is 0 Å². The molecule has 2 aromatic heterocycles. The van der Waals surface area contributed by atoms with Gasteiger partial charge in [-0.1, -0.05) is 0 Å². The number of aliphatic carboxylic acids is 1. The van der Waals surface area contributed by atoms with Gasteiger partial charge in [0.05, 0.1) is 12.1 Å². The third kappa shape index (κ3) is 2.49. The molecule has 116 valence electrons. The number of amides is 1. The van der Waals surface area contributed by atoms with Crippen LogP contribution in [0.25, 0.3) is 5.82 Å². The van der Waals surface area contributed by atoms with Crippen molar-refractivity contribution in [1.82, 2.24) is 19.2 Å². The molecule has 0 spiro atoms. The first kappa shape index (κ1) is 14.4. The van der Waals surface area contributed by atoms with Crippen LogP contribution in [0.3, 0.4) is 0 Å². The highest BCUT2D eigenvalue weighted by molar-refractivity contribution is 5.97. The summed E-state index contributed by atoms with van der Waals surface area (Å²) in [5, 5.41) is 13.3. The lowest BCUT2D eigenvalue weighted by Gasteiger charge is -2.30. The molecule has 1 saturated heterocycles. The molecule has 1 fully saturated rings. The monoisotopic (exact) mass is 302 g/mol. The summed E-state index contributed by atoms with van der Waals surface area (Å²) in [6, 6.07) is 3.76. The number of piperidine rings is 1. The summed E-state index contributed by atoms with van der Waals surface area (Å²) in [6.07, 6.45) is 6.58. The maximum atomic E-state index is 12.8. The van der Waals surface area contributed by atoms with E-state index in [1.807, 2.05) is 29.1 Å². The van der Waals surface area contributed by atoms with Crippen molar-refractivity contribution in [3.05, 3.63) is 36.3 Å². The molecular formula is C15H18N4O3. The average molecular weight is 302 g/mol. The number of aryl methyl sites for hydroxylation is 1. The molecule has 3 heterocycles. The van der Waals surface area contributed by atoms with Crippen LogP contribution in [-0.2, 0) is 11.8 Å². The zero-order valence-electron chi connectivity index (χ0n) is 12.3. The van der Waals surface area contributed by atoms with Crippen LogP contribution in [0.4, 0.5) is 0 Å². The average Bonchev–Trinajstić information content (AvgIpc) is 3.15. The van der Waals surface area contributed by atoms with E-state index in [9.17, 15) is 9.59 Å². The summed E-state index contributed by atoms with van der Waals surface area (Å²) in [6.45, 7) is 0.844. The second-order valence-electron chi connectivity index (χ2n) is 5.52. The van der Waals surface area contributed by atoms with Gasteiger partial charge >= 0.3 is 5.97 Å². The van der Waals surface area contributed by atoms with E-state index in [0.717, 1.165) is 0 Å². The molecule has 22 heavy (non-hydrogen) atoms. The van der Waals surface area contributed by atoms with Crippen molar-refractivity contribution in [1.29, 1.82) is 0 Å². The Kier molecular flexibility index (Phi) is 3.70. The number of carboxylic acids is 1. The number of hydrogen-bond donors (Lipinski definition) is 1. The quantitative estimate of drug-likeness (QED) is 0.922. The highest BCUT2D eigenvalue weighted by atomic mass is 16.4. The lowest BCUT2D eigenvalue weighted by Crippen LogP contribution is -2.42. The van der Waals surface area contributed by atoms with Crippen molar-refractivity contribution in [3.8, 4) is 5.82 Å². The molecule has 2 aromatic rings. The second kappa shape index (κ2) is 5.67. The molecule has 0 unspecified atom stereocenters. The molecule has 1 aliphatic heterocycles. The maximum Gasteiger partial charge on any atom is 0.308 e. The van der Waals surface area contributed by atoms with Gasteiger partial charge in [0, 0.05) is 32.5 Å². The summed E-state index contributed by atoms with van der Waals surface area (Å²) in [7, 11) is 1.78.